The van der Waals surface area contributed by atoms with Gasteiger partial charge in [-0.15, -0.1) is 0 Å². The SMILES string of the molecule is CC(C)C1C2CCC1CN(C)C2. The molecule has 2 rings (SSSR count). The van der Waals surface area contributed by atoms with Crippen molar-refractivity contribution >= 4 is 0 Å². The van der Waals surface area contributed by atoms with Gasteiger partial charge in [-0.05, 0) is 43.6 Å². The van der Waals surface area contributed by atoms with E-state index in [1.807, 2.05) is 0 Å². The highest BCUT2D eigenvalue weighted by Crippen LogP contribution is 2.45. The molecule has 1 heteroatoms. The maximum atomic E-state index is 2.53. The molecule has 1 nitrogen and oxygen atoms in total. The molecule has 2 atom stereocenters. The summed E-state index contributed by atoms with van der Waals surface area (Å²) >= 11 is 0. The molecule has 0 amide bonds. The third kappa shape index (κ3) is 1.28. The smallest absolute Gasteiger partial charge is 0.000958 e. The highest BCUT2D eigenvalue weighted by molar-refractivity contribution is 4.92. The van der Waals surface area contributed by atoms with Gasteiger partial charge in [0.05, 0.1) is 0 Å². The average Bonchev–Trinajstić information content (AvgIpc) is 2.24. The highest BCUT2D eigenvalue weighted by Gasteiger charge is 2.41. The van der Waals surface area contributed by atoms with Crippen LogP contribution in [0.2, 0.25) is 0 Å². The summed E-state index contributed by atoms with van der Waals surface area (Å²) < 4.78 is 0. The molecule has 0 aromatic heterocycles. The number of piperidine rings is 1. The highest BCUT2D eigenvalue weighted by atomic mass is 15.1. The number of hydrogen-bond acceptors (Lipinski definition) is 1. The van der Waals surface area contributed by atoms with E-state index < -0.39 is 0 Å². The fourth-order valence-corrected chi connectivity index (χ4v) is 3.59. The maximum absolute atomic E-state index is 2.53. The molecule has 2 bridgehead atoms. The lowest BCUT2D eigenvalue weighted by molar-refractivity contribution is 0.100. The molecule has 1 aliphatic heterocycles. The minimum Gasteiger partial charge on any atom is -0.306 e. The van der Waals surface area contributed by atoms with Gasteiger partial charge in [0.25, 0.3) is 0 Å². The van der Waals surface area contributed by atoms with Gasteiger partial charge in [-0.2, -0.15) is 0 Å². The minimum absolute atomic E-state index is 0.913. The largest absolute Gasteiger partial charge is 0.306 e. The molecule has 1 saturated carbocycles. The minimum atomic E-state index is 0.913. The van der Waals surface area contributed by atoms with E-state index in [1.165, 1.54) is 25.9 Å². The first-order chi connectivity index (χ1) is 5.68. The van der Waals surface area contributed by atoms with Crippen LogP contribution in [0.25, 0.3) is 0 Å². The Morgan fingerprint density at radius 1 is 1.08 bits per heavy atom. The molecule has 2 aliphatic rings. The van der Waals surface area contributed by atoms with Crippen LogP contribution in [0.4, 0.5) is 0 Å². The Balaban J connectivity index is 2.09. The monoisotopic (exact) mass is 167 g/mol. The Kier molecular flexibility index (Phi) is 2.16. The Labute approximate surface area is 76.1 Å². The van der Waals surface area contributed by atoms with E-state index in [0.29, 0.717) is 0 Å². The molecule has 12 heavy (non-hydrogen) atoms. The summed E-state index contributed by atoms with van der Waals surface area (Å²) in [6.45, 7) is 7.53. The summed E-state index contributed by atoms with van der Waals surface area (Å²) in [5, 5.41) is 0. The van der Waals surface area contributed by atoms with E-state index in [1.54, 1.807) is 0 Å². The summed E-state index contributed by atoms with van der Waals surface area (Å²) in [7, 11) is 2.28. The number of fused-ring (bicyclic) bond motifs is 2. The molecule has 0 aromatic carbocycles. The van der Waals surface area contributed by atoms with Crippen LogP contribution in [0.15, 0.2) is 0 Å². The Hall–Kier alpha value is -0.0400. The number of nitrogens with zero attached hydrogens (tertiary/aromatic N) is 1. The van der Waals surface area contributed by atoms with Crippen molar-refractivity contribution in [3.63, 3.8) is 0 Å². The van der Waals surface area contributed by atoms with E-state index in [9.17, 15) is 0 Å². The van der Waals surface area contributed by atoms with Gasteiger partial charge in [-0.3, -0.25) is 0 Å². The summed E-state index contributed by atoms with van der Waals surface area (Å²) in [5.74, 6) is 4.00. The second kappa shape index (κ2) is 3.02. The first kappa shape index (κ1) is 8.55. The fourth-order valence-electron chi connectivity index (χ4n) is 3.59. The molecule has 2 unspecified atom stereocenters. The Morgan fingerprint density at radius 2 is 1.58 bits per heavy atom. The van der Waals surface area contributed by atoms with Gasteiger partial charge in [-0.25, -0.2) is 0 Å². The molecule has 0 aromatic rings. The van der Waals surface area contributed by atoms with E-state index >= 15 is 0 Å². The van der Waals surface area contributed by atoms with Crippen LogP contribution in [0, 0.1) is 23.7 Å². The van der Waals surface area contributed by atoms with Gasteiger partial charge in [0.1, 0.15) is 0 Å². The van der Waals surface area contributed by atoms with Crippen LogP contribution in [-0.2, 0) is 0 Å². The number of hydrogen-bond donors (Lipinski definition) is 0. The number of rotatable bonds is 1. The molecular weight excluding hydrogens is 146 g/mol. The maximum Gasteiger partial charge on any atom is 0.000958 e. The van der Waals surface area contributed by atoms with Crippen LogP contribution < -0.4 is 0 Å². The zero-order chi connectivity index (χ0) is 8.72. The summed E-state index contributed by atoms with van der Waals surface area (Å²) in [5.41, 5.74) is 0. The Bertz CT molecular complexity index is 150. The van der Waals surface area contributed by atoms with Crippen molar-refractivity contribution in [2.75, 3.05) is 20.1 Å². The Morgan fingerprint density at radius 3 is 2.00 bits per heavy atom. The summed E-state index contributed by atoms with van der Waals surface area (Å²) in [6.07, 6.45) is 3.00. The predicted octanol–water partition coefficient (Wildman–Crippen LogP) is 2.23. The van der Waals surface area contributed by atoms with Gasteiger partial charge >= 0.3 is 0 Å². The van der Waals surface area contributed by atoms with Crippen molar-refractivity contribution in [3.05, 3.63) is 0 Å². The topological polar surface area (TPSA) is 3.24 Å². The van der Waals surface area contributed by atoms with Crippen LogP contribution in [0.5, 0.6) is 0 Å². The van der Waals surface area contributed by atoms with Crippen molar-refractivity contribution in [2.24, 2.45) is 23.7 Å². The van der Waals surface area contributed by atoms with Crippen LogP contribution in [0.3, 0.4) is 0 Å². The summed E-state index contributed by atoms with van der Waals surface area (Å²) in [6, 6.07) is 0. The van der Waals surface area contributed by atoms with Crippen molar-refractivity contribution < 1.29 is 0 Å². The summed E-state index contributed by atoms with van der Waals surface area (Å²) in [4.78, 5) is 2.53. The lowest BCUT2D eigenvalue weighted by Gasteiger charge is -2.38. The standard InChI is InChI=1S/C11H21N/c1-8(2)11-9-4-5-10(11)7-12(3)6-9/h8-11H,4-7H2,1-3H3. The first-order valence-corrected chi connectivity index (χ1v) is 5.37. The normalized spacial score (nSPS) is 42.5. The van der Waals surface area contributed by atoms with Gasteiger partial charge in [0.2, 0.25) is 0 Å². The average molecular weight is 167 g/mol. The molecule has 70 valence electrons. The lowest BCUT2D eigenvalue weighted by atomic mass is 9.78. The molecule has 1 saturated heterocycles. The number of likely N-dealkylation sites (tertiary alicyclic amines) is 1. The van der Waals surface area contributed by atoms with E-state index in [4.69, 9.17) is 0 Å². The zero-order valence-corrected chi connectivity index (χ0v) is 8.59. The third-order valence-corrected chi connectivity index (χ3v) is 3.86. The molecule has 0 radical (unpaired) electrons. The van der Waals surface area contributed by atoms with Gasteiger partial charge in [-0.1, -0.05) is 13.8 Å². The van der Waals surface area contributed by atoms with Crippen molar-refractivity contribution in [1.82, 2.24) is 4.90 Å². The molecule has 0 N–H and O–H groups in total. The fraction of sp³-hybridized carbons (Fsp3) is 1.00. The first-order valence-electron chi connectivity index (χ1n) is 5.37. The molecule has 1 heterocycles. The molecule has 1 aliphatic carbocycles. The molecule has 0 spiro atoms. The molecule has 2 fully saturated rings. The van der Waals surface area contributed by atoms with E-state index in [2.05, 4.69) is 25.8 Å². The molecular formula is C11H21N. The van der Waals surface area contributed by atoms with Gasteiger partial charge in [0, 0.05) is 13.1 Å². The van der Waals surface area contributed by atoms with Gasteiger partial charge in [0.15, 0.2) is 0 Å². The van der Waals surface area contributed by atoms with Crippen molar-refractivity contribution in [1.29, 1.82) is 0 Å². The van der Waals surface area contributed by atoms with Crippen molar-refractivity contribution in [2.45, 2.75) is 26.7 Å². The second-order valence-electron chi connectivity index (χ2n) is 5.14. The van der Waals surface area contributed by atoms with Crippen LogP contribution >= 0.6 is 0 Å². The van der Waals surface area contributed by atoms with Crippen LogP contribution in [0.1, 0.15) is 26.7 Å². The van der Waals surface area contributed by atoms with Gasteiger partial charge < -0.3 is 4.90 Å². The second-order valence-corrected chi connectivity index (χ2v) is 5.14. The van der Waals surface area contributed by atoms with Crippen LogP contribution in [-0.4, -0.2) is 25.0 Å². The predicted molar refractivity (Wildman–Crippen MR) is 52.0 cm³/mol. The van der Waals surface area contributed by atoms with E-state index in [0.717, 1.165) is 23.7 Å². The third-order valence-electron chi connectivity index (χ3n) is 3.86. The van der Waals surface area contributed by atoms with E-state index in [-0.39, 0.29) is 0 Å². The van der Waals surface area contributed by atoms with Crippen molar-refractivity contribution in [3.8, 4) is 0 Å². The quantitative estimate of drug-likeness (QED) is 0.579. The zero-order valence-electron chi connectivity index (χ0n) is 8.59. The lowest BCUT2D eigenvalue weighted by Crippen LogP contribution is -2.41.